The number of methoxy groups -OCH3 is 1. The summed E-state index contributed by atoms with van der Waals surface area (Å²) >= 11 is 1.80. The largest absolute Gasteiger partial charge is 0.497 e. The van der Waals surface area contributed by atoms with Crippen molar-refractivity contribution in [3.8, 4) is 5.75 Å². The van der Waals surface area contributed by atoms with Crippen LogP contribution in [0.1, 0.15) is 15.9 Å². The van der Waals surface area contributed by atoms with E-state index in [1.165, 1.54) is 10.5 Å². The highest BCUT2D eigenvalue weighted by molar-refractivity contribution is 7.99. The van der Waals surface area contributed by atoms with Crippen LogP contribution in [-0.4, -0.2) is 19.1 Å². The lowest BCUT2D eigenvalue weighted by atomic mass is 10.2. The predicted molar refractivity (Wildman–Crippen MR) is 79.3 cm³/mol. The number of aryl methyl sites for hydroxylation is 1. The van der Waals surface area contributed by atoms with Crippen LogP contribution >= 0.6 is 11.8 Å². The minimum Gasteiger partial charge on any atom is -0.497 e. The summed E-state index contributed by atoms with van der Waals surface area (Å²) < 4.78 is 5.13. The number of hydrogen-bond donors (Lipinski definition) is 0. The second kappa shape index (κ2) is 7.00. The van der Waals surface area contributed by atoms with E-state index in [0.717, 1.165) is 29.8 Å². The van der Waals surface area contributed by atoms with Crippen molar-refractivity contribution in [3.05, 3.63) is 59.7 Å². The SMILES string of the molecule is COc1ccc(CCSc2ccc(C=O)cc2)cc1. The topological polar surface area (TPSA) is 26.3 Å². The third kappa shape index (κ3) is 4.14. The third-order valence-corrected chi connectivity index (χ3v) is 3.85. The van der Waals surface area contributed by atoms with E-state index < -0.39 is 0 Å². The summed E-state index contributed by atoms with van der Waals surface area (Å²) in [5.74, 6) is 1.91. The van der Waals surface area contributed by atoms with Crippen molar-refractivity contribution in [2.45, 2.75) is 11.3 Å². The molecule has 3 heteroatoms. The Morgan fingerprint density at radius 2 is 1.74 bits per heavy atom. The number of ether oxygens (including phenoxy) is 1. The Bertz CT molecular complexity index is 517. The van der Waals surface area contributed by atoms with Crippen molar-refractivity contribution < 1.29 is 9.53 Å². The molecule has 98 valence electrons. The van der Waals surface area contributed by atoms with Gasteiger partial charge < -0.3 is 4.74 Å². The standard InChI is InChI=1S/C16H16O2S/c1-18-15-6-2-13(3-7-15)10-11-19-16-8-4-14(12-17)5-9-16/h2-9,12H,10-11H2,1H3. The van der Waals surface area contributed by atoms with Crippen molar-refractivity contribution >= 4 is 18.0 Å². The zero-order chi connectivity index (χ0) is 13.5. The normalized spacial score (nSPS) is 10.2. The molecule has 0 aromatic heterocycles. The second-order valence-corrected chi connectivity index (χ2v) is 5.30. The number of thioether (sulfide) groups is 1. The van der Waals surface area contributed by atoms with Crippen LogP contribution in [0, 0.1) is 0 Å². The van der Waals surface area contributed by atoms with Gasteiger partial charge in [-0.15, -0.1) is 11.8 Å². The van der Waals surface area contributed by atoms with Gasteiger partial charge in [-0.05, 0) is 36.2 Å². The smallest absolute Gasteiger partial charge is 0.150 e. The Labute approximate surface area is 117 Å². The van der Waals surface area contributed by atoms with Gasteiger partial charge in [-0.1, -0.05) is 24.3 Å². The lowest BCUT2D eigenvalue weighted by Crippen LogP contribution is -1.89. The van der Waals surface area contributed by atoms with Gasteiger partial charge in [0.1, 0.15) is 12.0 Å². The molecular formula is C16H16O2S. The Hall–Kier alpha value is -1.74. The molecule has 0 bridgehead atoms. The minimum atomic E-state index is 0.722. The first-order valence-electron chi connectivity index (χ1n) is 6.13. The number of benzene rings is 2. The van der Waals surface area contributed by atoms with E-state index in [0.29, 0.717) is 0 Å². The number of rotatable bonds is 6. The summed E-state index contributed by atoms with van der Waals surface area (Å²) in [6.07, 6.45) is 1.88. The van der Waals surface area contributed by atoms with Gasteiger partial charge in [-0.3, -0.25) is 4.79 Å². The molecule has 0 radical (unpaired) electrons. The summed E-state index contributed by atoms with van der Waals surface area (Å²) in [5.41, 5.74) is 2.03. The van der Waals surface area contributed by atoms with Crippen LogP contribution in [0.3, 0.4) is 0 Å². The fraction of sp³-hybridized carbons (Fsp3) is 0.188. The highest BCUT2D eigenvalue weighted by atomic mass is 32.2. The number of carbonyl (C=O) groups excluding carboxylic acids is 1. The second-order valence-electron chi connectivity index (χ2n) is 4.13. The summed E-state index contributed by atoms with van der Waals surface area (Å²) in [7, 11) is 1.67. The molecule has 2 aromatic carbocycles. The number of aldehydes is 1. The molecule has 19 heavy (non-hydrogen) atoms. The summed E-state index contributed by atoms with van der Waals surface area (Å²) in [5, 5.41) is 0. The van der Waals surface area contributed by atoms with E-state index in [9.17, 15) is 4.79 Å². The van der Waals surface area contributed by atoms with Gasteiger partial charge in [0.2, 0.25) is 0 Å². The molecule has 0 aliphatic heterocycles. The van der Waals surface area contributed by atoms with Crippen molar-refractivity contribution in [3.63, 3.8) is 0 Å². The lowest BCUT2D eigenvalue weighted by Gasteiger charge is -2.04. The molecule has 0 fully saturated rings. The Balaban J connectivity index is 1.83. The van der Waals surface area contributed by atoms with Gasteiger partial charge in [0.15, 0.2) is 0 Å². The third-order valence-electron chi connectivity index (χ3n) is 2.83. The quantitative estimate of drug-likeness (QED) is 0.590. The summed E-state index contributed by atoms with van der Waals surface area (Å²) in [6.45, 7) is 0. The molecule has 2 nitrogen and oxygen atoms in total. The van der Waals surface area contributed by atoms with E-state index >= 15 is 0 Å². The number of hydrogen-bond acceptors (Lipinski definition) is 3. The number of carbonyl (C=O) groups is 1. The predicted octanol–water partition coefficient (Wildman–Crippen LogP) is 3.84. The maximum absolute atomic E-state index is 10.6. The molecule has 0 N–H and O–H groups in total. The van der Waals surface area contributed by atoms with Gasteiger partial charge >= 0.3 is 0 Å². The van der Waals surface area contributed by atoms with Crippen LogP contribution in [0.2, 0.25) is 0 Å². The molecular weight excluding hydrogens is 256 g/mol. The maximum Gasteiger partial charge on any atom is 0.150 e. The molecule has 0 aliphatic rings. The van der Waals surface area contributed by atoms with E-state index in [-0.39, 0.29) is 0 Å². The monoisotopic (exact) mass is 272 g/mol. The molecule has 0 atom stereocenters. The first kappa shape index (κ1) is 13.7. The summed E-state index contributed by atoms with van der Waals surface area (Å²) in [6, 6.07) is 15.8. The Morgan fingerprint density at radius 1 is 1.05 bits per heavy atom. The zero-order valence-corrected chi connectivity index (χ0v) is 11.7. The minimum absolute atomic E-state index is 0.722. The van der Waals surface area contributed by atoms with E-state index in [4.69, 9.17) is 4.74 Å². The lowest BCUT2D eigenvalue weighted by molar-refractivity contribution is 0.112. The van der Waals surface area contributed by atoms with Crippen molar-refractivity contribution in [1.82, 2.24) is 0 Å². The fourth-order valence-electron chi connectivity index (χ4n) is 1.72. The van der Waals surface area contributed by atoms with Crippen LogP contribution in [-0.2, 0) is 6.42 Å². The van der Waals surface area contributed by atoms with Crippen LogP contribution in [0.15, 0.2) is 53.4 Å². The molecule has 2 rings (SSSR count). The van der Waals surface area contributed by atoms with E-state index in [2.05, 4.69) is 12.1 Å². The van der Waals surface area contributed by atoms with E-state index in [1.807, 2.05) is 36.4 Å². The Morgan fingerprint density at radius 3 is 2.32 bits per heavy atom. The average Bonchev–Trinajstić information content (AvgIpc) is 2.49. The van der Waals surface area contributed by atoms with Crippen molar-refractivity contribution in [1.29, 1.82) is 0 Å². The molecule has 0 saturated carbocycles. The molecule has 0 spiro atoms. The molecule has 0 aliphatic carbocycles. The van der Waals surface area contributed by atoms with Crippen LogP contribution < -0.4 is 4.74 Å². The fourth-order valence-corrected chi connectivity index (χ4v) is 2.62. The highest BCUT2D eigenvalue weighted by Crippen LogP contribution is 2.20. The molecule has 2 aromatic rings. The van der Waals surface area contributed by atoms with Gasteiger partial charge in [-0.2, -0.15) is 0 Å². The summed E-state index contributed by atoms with van der Waals surface area (Å²) in [4.78, 5) is 11.7. The first-order chi connectivity index (χ1) is 9.31. The van der Waals surface area contributed by atoms with Crippen molar-refractivity contribution in [2.24, 2.45) is 0 Å². The molecule has 0 unspecified atom stereocenters. The molecule has 0 heterocycles. The van der Waals surface area contributed by atoms with Crippen molar-refractivity contribution in [2.75, 3.05) is 12.9 Å². The van der Waals surface area contributed by atoms with Gasteiger partial charge in [0.05, 0.1) is 7.11 Å². The average molecular weight is 272 g/mol. The Kier molecular flexibility index (Phi) is 5.04. The van der Waals surface area contributed by atoms with Crippen LogP contribution in [0.4, 0.5) is 0 Å². The van der Waals surface area contributed by atoms with E-state index in [1.54, 1.807) is 18.9 Å². The molecule has 0 saturated heterocycles. The van der Waals surface area contributed by atoms with Gasteiger partial charge in [0, 0.05) is 16.2 Å². The van der Waals surface area contributed by atoms with Gasteiger partial charge in [-0.25, -0.2) is 0 Å². The first-order valence-corrected chi connectivity index (χ1v) is 7.11. The highest BCUT2D eigenvalue weighted by Gasteiger charge is 1.98. The van der Waals surface area contributed by atoms with Gasteiger partial charge in [0.25, 0.3) is 0 Å². The van der Waals surface area contributed by atoms with Crippen LogP contribution in [0.5, 0.6) is 5.75 Å². The molecule has 0 amide bonds. The maximum atomic E-state index is 10.6. The zero-order valence-electron chi connectivity index (χ0n) is 10.8. The van der Waals surface area contributed by atoms with Crippen LogP contribution in [0.25, 0.3) is 0 Å².